The van der Waals surface area contributed by atoms with Crippen molar-refractivity contribution in [2.75, 3.05) is 7.11 Å². The standard InChI is InChI=1S/C21H16BrCl2N3O3/c1-29-19-8-14(11-26-27-21(28)18-4-2-3-7-25-18)16(22)10-20(19)30-12-13-5-6-15(23)9-17(13)24/h2-11H,12H2,1H3,(H,27,28). The molecule has 2 aromatic carbocycles. The molecule has 0 saturated heterocycles. The number of hydrogen-bond acceptors (Lipinski definition) is 5. The number of carbonyl (C=O) groups excluding carboxylic acids is 1. The lowest BCUT2D eigenvalue weighted by molar-refractivity contribution is 0.0950. The molecule has 0 aliphatic rings. The molecule has 154 valence electrons. The molecule has 0 radical (unpaired) electrons. The SMILES string of the molecule is COc1cc(C=NNC(=O)c2ccccn2)c(Br)cc1OCc1ccc(Cl)cc1Cl. The summed E-state index contributed by atoms with van der Waals surface area (Å²) in [5, 5.41) is 5.06. The van der Waals surface area contributed by atoms with Crippen molar-refractivity contribution >= 4 is 51.3 Å². The van der Waals surface area contributed by atoms with Crippen LogP contribution in [0.15, 0.2) is 64.3 Å². The first kappa shape index (κ1) is 22.1. The van der Waals surface area contributed by atoms with Crippen LogP contribution in [0.4, 0.5) is 0 Å². The molecule has 9 heteroatoms. The molecular formula is C21H16BrCl2N3O3. The number of amides is 1. The van der Waals surface area contributed by atoms with Gasteiger partial charge in [-0.15, -0.1) is 0 Å². The molecule has 6 nitrogen and oxygen atoms in total. The van der Waals surface area contributed by atoms with Crippen LogP contribution in [0.1, 0.15) is 21.6 Å². The van der Waals surface area contributed by atoms with E-state index in [9.17, 15) is 4.79 Å². The van der Waals surface area contributed by atoms with Crippen molar-refractivity contribution in [3.8, 4) is 11.5 Å². The second-order valence-corrected chi connectivity index (χ2v) is 7.66. The molecule has 0 spiro atoms. The summed E-state index contributed by atoms with van der Waals surface area (Å²) in [6.07, 6.45) is 3.03. The van der Waals surface area contributed by atoms with Gasteiger partial charge in [0.2, 0.25) is 0 Å². The summed E-state index contributed by atoms with van der Waals surface area (Å²) in [7, 11) is 1.54. The van der Waals surface area contributed by atoms with Crippen LogP contribution in [0, 0.1) is 0 Å². The Balaban J connectivity index is 1.71. The fourth-order valence-corrected chi connectivity index (χ4v) is 3.32. The third kappa shape index (κ3) is 5.72. The number of methoxy groups -OCH3 is 1. The van der Waals surface area contributed by atoms with Gasteiger partial charge < -0.3 is 9.47 Å². The van der Waals surface area contributed by atoms with E-state index in [0.29, 0.717) is 31.6 Å². The van der Waals surface area contributed by atoms with E-state index in [2.05, 4.69) is 31.4 Å². The molecule has 1 N–H and O–H groups in total. The average molecular weight is 509 g/mol. The van der Waals surface area contributed by atoms with Crippen LogP contribution in [-0.4, -0.2) is 24.2 Å². The number of rotatable bonds is 7. The highest BCUT2D eigenvalue weighted by Gasteiger charge is 2.11. The van der Waals surface area contributed by atoms with Crippen molar-refractivity contribution in [2.45, 2.75) is 6.61 Å². The summed E-state index contributed by atoms with van der Waals surface area (Å²) in [5.41, 5.74) is 4.19. The fourth-order valence-electron chi connectivity index (χ4n) is 2.43. The number of halogens is 3. The van der Waals surface area contributed by atoms with Crippen LogP contribution in [0.3, 0.4) is 0 Å². The number of nitrogens with zero attached hydrogens (tertiary/aromatic N) is 2. The third-order valence-corrected chi connectivity index (χ3v) is 5.22. The minimum Gasteiger partial charge on any atom is -0.493 e. The number of aromatic nitrogens is 1. The molecule has 1 amide bonds. The Morgan fingerprint density at radius 1 is 1.20 bits per heavy atom. The van der Waals surface area contributed by atoms with Crippen molar-refractivity contribution in [3.63, 3.8) is 0 Å². The normalized spacial score (nSPS) is 10.8. The number of pyridine rings is 1. The minimum atomic E-state index is -0.408. The van der Waals surface area contributed by atoms with Crippen molar-refractivity contribution in [3.05, 3.63) is 86.1 Å². The summed E-state index contributed by atoms with van der Waals surface area (Å²) >= 11 is 15.6. The molecule has 0 aliphatic heterocycles. The summed E-state index contributed by atoms with van der Waals surface area (Å²) < 4.78 is 12.0. The molecule has 3 rings (SSSR count). The van der Waals surface area contributed by atoms with E-state index in [1.54, 1.807) is 48.5 Å². The number of hydrogen-bond donors (Lipinski definition) is 1. The number of hydrazone groups is 1. The van der Waals surface area contributed by atoms with Gasteiger partial charge in [-0.05, 0) is 52.3 Å². The molecule has 1 aromatic heterocycles. The van der Waals surface area contributed by atoms with Crippen molar-refractivity contribution < 1.29 is 14.3 Å². The van der Waals surface area contributed by atoms with Crippen molar-refractivity contribution in [2.24, 2.45) is 5.10 Å². The molecule has 0 fully saturated rings. The Hall–Kier alpha value is -2.61. The van der Waals surface area contributed by atoms with E-state index in [-0.39, 0.29) is 12.3 Å². The van der Waals surface area contributed by atoms with Gasteiger partial charge in [-0.25, -0.2) is 5.43 Å². The average Bonchev–Trinajstić information content (AvgIpc) is 2.75. The Morgan fingerprint density at radius 3 is 2.73 bits per heavy atom. The van der Waals surface area contributed by atoms with Crippen LogP contribution in [0.5, 0.6) is 11.5 Å². The summed E-state index contributed by atoms with van der Waals surface area (Å²) in [4.78, 5) is 16.0. The molecule has 0 atom stereocenters. The van der Waals surface area contributed by atoms with Gasteiger partial charge in [-0.3, -0.25) is 9.78 Å². The summed E-state index contributed by atoms with van der Waals surface area (Å²) in [6.45, 7) is 0.242. The maximum atomic E-state index is 12.0. The number of carbonyl (C=O) groups is 1. The minimum absolute atomic E-state index is 0.242. The van der Waals surface area contributed by atoms with Gasteiger partial charge >= 0.3 is 0 Å². The monoisotopic (exact) mass is 507 g/mol. The predicted molar refractivity (Wildman–Crippen MR) is 121 cm³/mol. The van der Waals surface area contributed by atoms with Gasteiger partial charge in [0.1, 0.15) is 12.3 Å². The van der Waals surface area contributed by atoms with Crippen LogP contribution in [0.2, 0.25) is 10.0 Å². The molecule has 0 unspecified atom stereocenters. The molecule has 3 aromatic rings. The van der Waals surface area contributed by atoms with Crippen LogP contribution < -0.4 is 14.9 Å². The molecule has 30 heavy (non-hydrogen) atoms. The lowest BCUT2D eigenvalue weighted by Gasteiger charge is -2.13. The first-order valence-electron chi connectivity index (χ1n) is 8.66. The largest absolute Gasteiger partial charge is 0.493 e. The Kier molecular flexibility index (Phi) is 7.68. The highest BCUT2D eigenvalue weighted by Crippen LogP contribution is 2.34. The van der Waals surface area contributed by atoms with E-state index in [0.717, 1.165) is 5.56 Å². The second-order valence-electron chi connectivity index (χ2n) is 5.96. The number of ether oxygens (including phenoxy) is 2. The third-order valence-electron chi connectivity index (χ3n) is 3.95. The van der Waals surface area contributed by atoms with Gasteiger partial charge in [-0.2, -0.15) is 5.10 Å². The van der Waals surface area contributed by atoms with Gasteiger partial charge in [0.15, 0.2) is 11.5 Å². The van der Waals surface area contributed by atoms with Gasteiger partial charge in [0, 0.05) is 31.8 Å². The van der Waals surface area contributed by atoms with E-state index in [4.69, 9.17) is 32.7 Å². The van der Waals surface area contributed by atoms with E-state index in [1.165, 1.54) is 19.5 Å². The van der Waals surface area contributed by atoms with Crippen molar-refractivity contribution in [1.82, 2.24) is 10.4 Å². The van der Waals surface area contributed by atoms with Crippen LogP contribution in [-0.2, 0) is 6.61 Å². The maximum absolute atomic E-state index is 12.0. The van der Waals surface area contributed by atoms with E-state index < -0.39 is 5.91 Å². The Labute approximate surface area is 192 Å². The first-order chi connectivity index (χ1) is 14.5. The second kappa shape index (κ2) is 10.4. The zero-order valence-electron chi connectivity index (χ0n) is 15.7. The smallest absolute Gasteiger partial charge is 0.289 e. The molecule has 0 bridgehead atoms. The predicted octanol–water partition coefficient (Wildman–Crippen LogP) is 5.50. The summed E-state index contributed by atoms with van der Waals surface area (Å²) in [6, 6.07) is 13.8. The quantitative estimate of drug-likeness (QED) is 0.337. The van der Waals surface area contributed by atoms with Gasteiger partial charge in [0.25, 0.3) is 5.91 Å². The van der Waals surface area contributed by atoms with Crippen LogP contribution >= 0.6 is 39.1 Å². The topological polar surface area (TPSA) is 72.8 Å². The maximum Gasteiger partial charge on any atom is 0.289 e. The lowest BCUT2D eigenvalue weighted by atomic mass is 10.2. The zero-order chi connectivity index (χ0) is 21.5. The van der Waals surface area contributed by atoms with Gasteiger partial charge in [0.05, 0.1) is 13.3 Å². The van der Waals surface area contributed by atoms with Crippen molar-refractivity contribution in [1.29, 1.82) is 0 Å². The van der Waals surface area contributed by atoms with Gasteiger partial charge in [-0.1, -0.05) is 35.3 Å². The molecule has 0 aliphatic carbocycles. The van der Waals surface area contributed by atoms with E-state index in [1.807, 2.05) is 0 Å². The summed E-state index contributed by atoms with van der Waals surface area (Å²) in [5.74, 6) is 0.612. The number of benzene rings is 2. The van der Waals surface area contributed by atoms with E-state index >= 15 is 0 Å². The lowest BCUT2D eigenvalue weighted by Crippen LogP contribution is -2.18. The molecular weight excluding hydrogens is 493 g/mol. The Bertz CT molecular complexity index is 1080. The molecule has 1 heterocycles. The Morgan fingerprint density at radius 2 is 2.03 bits per heavy atom. The van der Waals surface area contributed by atoms with Crippen LogP contribution in [0.25, 0.3) is 0 Å². The first-order valence-corrected chi connectivity index (χ1v) is 10.2. The fraction of sp³-hybridized carbons (Fsp3) is 0.0952. The number of nitrogens with one attached hydrogen (secondary N) is 1. The highest BCUT2D eigenvalue weighted by molar-refractivity contribution is 9.10. The zero-order valence-corrected chi connectivity index (χ0v) is 18.8. The molecule has 0 saturated carbocycles. The highest BCUT2D eigenvalue weighted by atomic mass is 79.9.